The van der Waals surface area contributed by atoms with Crippen molar-refractivity contribution in [3.8, 4) is 11.5 Å². The first-order valence-electron chi connectivity index (χ1n) is 7.75. The normalized spacial score (nSPS) is 14.2. The monoisotopic (exact) mass is 311 g/mol. The van der Waals surface area contributed by atoms with Crippen molar-refractivity contribution in [2.75, 3.05) is 27.3 Å². The standard InChI is InChI=1S/C19H21NO3/c1-22-18-10-15-8-9-20(12-16(15)11-19(18)23-2)13-17(21)14-6-4-3-5-7-14/h3-7,10-11H,8-9,12-13H2,1-2H3. The number of Topliss-reactive ketones (excluding diaryl/α,β-unsaturated/α-hetero) is 1. The first-order chi connectivity index (χ1) is 11.2. The number of carbonyl (C=O) groups excluding carboxylic acids is 1. The van der Waals surface area contributed by atoms with Crippen LogP contribution in [0.5, 0.6) is 11.5 Å². The Balaban J connectivity index is 1.74. The molecular formula is C19H21NO3. The van der Waals surface area contributed by atoms with Gasteiger partial charge in [0.05, 0.1) is 20.8 Å². The summed E-state index contributed by atoms with van der Waals surface area (Å²) in [6.45, 7) is 2.08. The fourth-order valence-corrected chi connectivity index (χ4v) is 3.00. The molecule has 3 rings (SSSR count). The Hall–Kier alpha value is -2.33. The molecule has 4 heteroatoms. The topological polar surface area (TPSA) is 38.8 Å². The molecule has 0 spiro atoms. The van der Waals surface area contributed by atoms with E-state index in [1.54, 1.807) is 14.2 Å². The van der Waals surface area contributed by atoms with Gasteiger partial charge in [0, 0.05) is 18.7 Å². The van der Waals surface area contributed by atoms with Gasteiger partial charge in [-0.1, -0.05) is 30.3 Å². The van der Waals surface area contributed by atoms with Crippen LogP contribution in [0.1, 0.15) is 21.5 Å². The summed E-state index contributed by atoms with van der Waals surface area (Å²) >= 11 is 0. The van der Waals surface area contributed by atoms with Crippen molar-refractivity contribution in [3.05, 3.63) is 59.2 Å². The third-order valence-corrected chi connectivity index (χ3v) is 4.26. The minimum absolute atomic E-state index is 0.162. The number of ether oxygens (including phenoxy) is 2. The molecule has 2 aromatic carbocycles. The predicted molar refractivity (Wildman–Crippen MR) is 89.3 cm³/mol. The van der Waals surface area contributed by atoms with Crippen molar-refractivity contribution >= 4 is 5.78 Å². The second kappa shape index (κ2) is 6.84. The summed E-state index contributed by atoms with van der Waals surface area (Å²) in [5, 5.41) is 0. The highest BCUT2D eigenvalue weighted by Crippen LogP contribution is 2.33. The summed E-state index contributed by atoms with van der Waals surface area (Å²) in [5.41, 5.74) is 3.24. The molecule has 0 bridgehead atoms. The Kier molecular flexibility index (Phi) is 4.63. The lowest BCUT2D eigenvalue weighted by atomic mass is 9.98. The molecule has 0 saturated carbocycles. The highest BCUT2D eigenvalue weighted by molar-refractivity contribution is 5.97. The van der Waals surface area contributed by atoms with Gasteiger partial charge in [0.25, 0.3) is 0 Å². The van der Waals surface area contributed by atoms with Crippen molar-refractivity contribution in [1.29, 1.82) is 0 Å². The number of hydrogen-bond acceptors (Lipinski definition) is 4. The van der Waals surface area contributed by atoms with Crippen LogP contribution in [0.25, 0.3) is 0 Å². The number of fused-ring (bicyclic) bond motifs is 1. The van der Waals surface area contributed by atoms with Crippen LogP contribution in [0.15, 0.2) is 42.5 Å². The van der Waals surface area contributed by atoms with Gasteiger partial charge in [-0.05, 0) is 29.7 Å². The van der Waals surface area contributed by atoms with E-state index in [-0.39, 0.29) is 5.78 Å². The van der Waals surface area contributed by atoms with Crippen LogP contribution in [-0.4, -0.2) is 38.0 Å². The molecule has 1 aliphatic rings. The minimum Gasteiger partial charge on any atom is -0.493 e. The lowest BCUT2D eigenvalue weighted by Crippen LogP contribution is -2.34. The molecule has 120 valence electrons. The first kappa shape index (κ1) is 15.6. The number of ketones is 1. The van der Waals surface area contributed by atoms with Gasteiger partial charge in [-0.2, -0.15) is 0 Å². The lowest BCUT2D eigenvalue weighted by molar-refractivity contribution is 0.0921. The maximum Gasteiger partial charge on any atom is 0.176 e. The zero-order valence-corrected chi connectivity index (χ0v) is 13.5. The summed E-state index contributed by atoms with van der Waals surface area (Å²) in [6, 6.07) is 13.5. The SMILES string of the molecule is COc1cc2c(cc1OC)CN(CC(=O)c1ccccc1)CC2. The van der Waals surface area contributed by atoms with Crippen LogP contribution in [0, 0.1) is 0 Å². The molecule has 0 saturated heterocycles. The summed E-state index contributed by atoms with van der Waals surface area (Å²) < 4.78 is 10.7. The molecule has 0 unspecified atom stereocenters. The van der Waals surface area contributed by atoms with Gasteiger partial charge in [0.1, 0.15) is 0 Å². The van der Waals surface area contributed by atoms with E-state index >= 15 is 0 Å². The van der Waals surface area contributed by atoms with Crippen LogP contribution in [-0.2, 0) is 13.0 Å². The van der Waals surface area contributed by atoms with Gasteiger partial charge in [0.15, 0.2) is 17.3 Å². The third kappa shape index (κ3) is 3.37. The van der Waals surface area contributed by atoms with Gasteiger partial charge < -0.3 is 9.47 Å². The second-order valence-electron chi connectivity index (χ2n) is 5.73. The summed E-state index contributed by atoms with van der Waals surface area (Å²) in [5.74, 6) is 1.66. The molecule has 1 heterocycles. The van der Waals surface area contributed by atoms with Crippen molar-refractivity contribution in [1.82, 2.24) is 4.90 Å². The number of hydrogen-bond donors (Lipinski definition) is 0. The van der Waals surface area contributed by atoms with Crippen LogP contribution >= 0.6 is 0 Å². The zero-order chi connectivity index (χ0) is 16.2. The van der Waals surface area contributed by atoms with E-state index in [0.717, 1.165) is 36.6 Å². The van der Waals surface area contributed by atoms with E-state index in [1.165, 1.54) is 11.1 Å². The summed E-state index contributed by atoms with van der Waals surface area (Å²) in [6.07, 6.45) is 0.914. The Labute approximate surface area is 136 Å². The van der Waals surface area contributed by atoms with Gasteiger partial charge in [-0.3, -0.25) is 9.69 Å². The maximum atomic E-state index is 12.4. The van der Waals surface area contributed by atoms with Crippen molar-refractivity contribution in [3.63, 3.8) is 0 Å². The highest BCUT2D eigenvalue weighted by atomic mass is 16.5. The molecule has 1 aliphatic heterocycles. The largest absolute Gasteiger partial charge is 0.493 e. The van der Waals surface area contributed by atoms with Crippen molar-refractivity contribution in [2.45, 2.75) is 13.0 Å². The molecular weight excluding hydrogens is 290 g/mol. The average molecular weight is 311 g/mol. The number of benzene rings is 2. The molecule has 4 nitrogen and oxygen atoms in total. The number of rotatable bonds is 5. The van der Waals surface area contributed by atoms with E-state index in [1.807, 2.05) is 42.5 Å². The van der Waals surface area contributed by atoms with Crippen molar-refractivity contribution in [2.24, 2.45) is 0 Å². The third-order valence-electron chi connectivity index (χ3n) is 4.26. The maximum absolute atomic E-state index is 12.4. The Bertz CT molecular complexity index is 697. The first-order valence-corrected chi connectivity index (χ1v) is 7.75. The van der Waals surface area contributed by atoms with E-state index in [0.29, 0.717) is 6.54 Å². The summed E-state index contributed by atoms with van der Waals surface area (Å²) in [4.78, 5) is 14.5. The Morgan fingerprint density at radius 3 is 2.35 bits per heavy atom. The average Bonchev–Trinajstić information content (AvgIpc) is 2.61. The lowest BCUT2D eigenvalue weighted by Gasteiger charge is -2.29. The van der Waals surface area contributed by atoms with Gasteiger partial charge in [-0.15, -0.1) is 0 Å². The molecule has 0 radical (unpaired) electrons. The second-order valence-corrected chi connectivity index (χ2v) is 5.73. The molecule has 0 atom stereocenters. The minimum atomic E-state index is 0.162. The predicted octanol–water partition coefficient (Wildman–Crippen LogP) is 2.94. The Morgan fingerprint density at radius 2 is 1.70 bits per heavy atom. The van der Waals surface area contributed by atoms with Gasteiger partial charge >= 0.3 is 0 Å². The highest BCUT2D eigenvalue weighted by Gasteiger charge is 2.21. The van der Waals surface area contributed by atoms with E-state index in [9.17, 15) is 4.79 Å². The zero-order valence-electron chi connectivity index (χ0n) is 13.5. The fraction of sp³-hybridized carbons (Fsp3) is 0.316. The molecule has 23 heavy (non-hydrogen) atoms. The van der Waals surface area contributed by atoms with E-state index in [4.69, 9.17) is 9.47 Å². The molecule has 0 N–H and O–H groups in total. The number of carbonyl (C=O) groups is 1. The molecule has 0 fully saturated rings. The van der Waals surface area contributed by atoms with Crippen LogP contribution < -0.4 is 9.47 Å². The quantitative estimate of drug-likeness (QED) is 0.796. The fourth-order valence-electron chi connectivity index (χ4n) is 3.00. The molecule has 0 aromatic heterocycles. The van der Waals surface area contributed by atoms with Gasteiger partial charge in [-0.25, -0.2) is 0 Å². The van der Waals surface area contributed by atoms with Gasteiger partial charge in [0.2, 0.25) is 0 Å². The van der Waals surface area contributed by atoms with E-state index < -0.39 is 0 Å². The van der Waals surface area contributed by atoms with E-state index in [2.05, 4.69) is 4.90 Å². The van der Waals surface area contributed by atoms with Crippen LogP contribution in [0.4, 0.5) is 0 Å². The Morgan fingerprint density at radius 1 is 1.04 bits per heavy atom. The number of methoxy groups -OCH3 is 2. The van der Waals surface area contributed by atoms with Crippen LogP contribution in [0.2, 0.25) is 0 Å². The van der Waals surface area contributed by atoms with Crippen molar-refractivity contribution < 1.29 is 14.3 Å². The molecule has 2 aromatic rings. The molecule has 0 aliphatic carbocycles. The molecule has 0 amide bonds. The number of nitrogens with zero attached hydrogens (tertiary/aromatic N) is 1. The van der Waals surface area contributed by atoms with Crippen LogP contribution in [0.3, 0.4) is 0 Å². The smallest absolute Gasteiger partial charge is 0.176 e. The summed E-state index contributed by atoms with van der Waals surface area (Å²) in [7, 11) is 3.29.